The van der Waals surface area contributed by atoms with E-state index in [9.17, 15) is 4.79 Å². The minimum absolute atomic E-state index is 0.196. The van der Waals surface area contributed by atoms with Gasteiger partial charge < -0.3 is 15.4 Å². The van der Waals surface area contributed by atoms with Gasteiger partial charge in [-0.15, -0.1) is 0 Å². The molecule has 2 rings (SSSR count). The number of halogens is 2. The number of nitrogens with two attached hydrogens (primary N) is 1. The first-order valence-electron chi connectivity index (χ1n) is 7.66. The number of benzene rings is 1. The van der Waals surface area contributed by atoms with Crippen LogP contribution in [0, 0.1) is 5.92 Å². The number of likely N-dealkylation sites (tertiary alicyclic amines) is 1. The van der Waals surface area contributed by atoms with Gasteiger partial charge in [-0.25, -0.2) is 0 Å². The zero-order chi connectivity index (χ0) is 15.9. The van der Waals surface area contributed by atoms with Crippen molar-refractivity contribution < 1.29 is 9.53 Å². The lowest BCUT2D eigenvalue weighted by molar-refractivity contribution is -0.132. The van der Waals surface area contributed by atoms with Crippen LogP contribution in [0.4, 0.5) is 0 Å². The van der Waals surface area contributed by atoms with E-state index in [1.54, 1.807) is 18.2 Å². The highest BCUT2D eigenvalue weighted by molar-refractivity contribution is 6.35. The van der Waals surface area contributed by atoms with Gasteiger partial charge in [-0.1, -0.05) is 23.2 Å². The molecule has 0 spiro atoms. The Morgan fingerprint density at radius 3 is 2.68 bits per heavy atom. The monoisotopic (exact) mass is 344 g/mol. The number of hydrogen-bond acceptors (Lipinski definition) is 3. The Morgan fingerprint density at radius 1 is 1.32 bits per heavy atom. The van der Waals surface area contributed by atoms with Gasteiger partial charge in [0.15, 0.2) is 0 Å². The molecule has 1 aliphatic rings. The molecule has 0 saturated carbocycles. The zero-order valence-electron chi connectivity index (χ0n) is 12.6. The normalized spacial score (nSPS) is 15.9. The molecule has 1 heterocycles. The summed E-state index contributed by atoms with van der Waals surface area (Å²) in [6, 6.07) is 5.12. The Bertz CT molecular complexity index is 503. The fourth-order valence-electron chi connectivity index (χ4n) is 2.57. The largest absolute Gasteiger partial charge is 0.492 e. The summed E-state index contributed by atoms with van der Waals surface area (Å²) in [4.78, 5) is 14.0. The van der Waals surface area contributed by atoms with Gasteiger partial charge in [-0.3, -0.25) is 4.79 Å². The van der Waals surface area contributed by atoms with E-state index in [2.05, 4.69) is 0 Å². The van der Waals surface area contributed by atoms with Gasteiger partial charge in [0, 0.05) is 24.5 Å². The molecule has 0 radical (unpaired) electrons. The number of carbonyl (C=O) groups excluding carboxylic acids is 1. The Balaban J connectivity index is 1.67. The molecular weight excluding hydrogens is 323 g/mol. The van der Waals surface area contributed by atoms with Crippen molar-refractivity contribution in [1.82, 2.24) is 4.90 Å². The third kappa shape index (κ3) is 5.04. The van der Waals surface area contributed by atoms with Crippen molar-refractivity contribution >= 4 is 29.1 Å². The minimum Gasteiger partial charge on any atom is -0.492 e. The topological polar surface area (TPSA) is 55.6 Å². The molecule has 1 amide bonds. The minimum atomic E-state index is 0.196. The third-order valence-corrected chi connectivity index (χ3v) is 4.52. The van der Waals surface area contributed by atoms with E-state index in [4.69, 9.17) is 33.7 Å². The molecule has 0 aromatic heterocycles. The Labute approximate surface area is 141 Å². The second-order valence-corrected chi connectivity index (χ2v) is 6.43. The summed E-state index contributed by atoms with van der Waals surface area (Å²) in [6.07, 6.45) is 3.20. The van der Waals surface area contributed by atoms with Crippen LogP contribution in [0.5, 0.6) is 5.75 Å². The summed E-state index contributed by atoms with van der Waals surface area (Å²) < 4.78 is 5.59. The molecule has 1 saturated heterocycles. The molecule has 1 aromatic rings. The average molecular weight is 345 g/mol. The Kier molecular flexibility index (Phi) is 6.80. The van der Waals surface area contributed by atoms with E-state index in [0.717, 1.165) is 32.5 Å². The predicted octanol–water partition coefficient (Wildman–Crippen LogP) is 3.35. The van der Waals surface area contributed by atoms with Crippen molar-refractivity contribution in [2.45, 2.75) is 25.7 Å². The third-order valence-electron chi connectivity index (χ3n) is 3.99. The molecule has 1 aromatic carbocycles. The highest BCUT2D eigenvalue weighted by atomic mass is 35.5. The second-order valence-electron chi connectivity index (χ2n) is 5.59. The van der Waals surface area contributed by atoms with E-state index in [0.29, 0.717) is 41.2 Å². The summed E-state index contributed by atoms with van der Waals surface area (Å²) in [6.45, 7) is 2.83. The van der Waals surface area contributed by atoms with Gasteiger partial charge in [0.1, 0.15) is 5.75 Å². The molecule has 1 fully saturated rings. The van der Waals surface area contributed by atoms with E-state index >= 15 is 0 Å². The van der Waals surface area contributed by atoms with Gasteiger partial charge >= 0.3 is 0 Å². The summed E-state index contributed by atoms with van der Waals surface area (Å²) in [5, 5.41) is 1.07. The maximum absolute atomic E-state index is 12.1. The number of rotatable bonds is 6. The van der Waals surface area contributed by atoms with Crippen LogP contribution in [0.25, 0.3) is 0 Å². The zero-order valence-corrected chi connectivity index (χ0v) is 14.1. The smallest absolute Gasteiger partial charge is 0.222 e. The molecule has 4 nitrogen and oxygen atoms in total. The molecule has 0 bridgehead atoms. The van der Waals surface area contributed by atoms with Crippen LogP contribution in [0.15, 0.2) is 18.2 Å². The molecule has 122 valence electrons. The van der Waals surface area contributed by atoms with Crippen molar-refractivity contribution in [1.29, 1.82) is 0 Å². The summed E-state index contributed by atoms with van der Waals surface area (Å²) in [7, 11) is 0. The van der Waals surface area contributed by atoms with Gasteiger partial charge in [-0.2, -0.15) is 0 Å². The van der Waals surface area contributed by atoms with Gasteiger partial charge in [0.05, 0.1) is 11.6 Å². The van der Waals surface area contributed by atoms with E-state index in [1.807, 2.05) is 4.90 Å². The van der Waals surface area contributed by atoms with E-state index < -0.39 is 0 Å². The quantitative estimate of drug-likeness (QED) is 0.805. The lowest BCUT2D eigenvalue weighted by Gasteiger charge is -2.31. The maximum atomic E-state index is 12.1. The fraction of sp³-hybridized carbons (Fsp3) is 0.562. The first-order valence-corrected chi connectivity index (χ1v) is 8.41. The highest BCUT2D eigenvalue weighted by Gasteiger charge is 2.21. The average Bonchev–Trinajstić information content (AvgIpc) is 2.53. The van der Waals surface area contributed by atoms with Crippen LogP contribution in [0.2, 0.25) is 10.0 Å². The van der Waals surface area contributed by atoms with E-state index in [1.165, 1.54) is 0 Å². The first kappa shape index (κ1) is 17.4. The molecule has 22 heavy (non-hydrogen) atoms. The standard InChI is InChI=1S/C16H22Cl2N2O2/c17-13-3-4-15(14(18)10-13)22-9-1-2-16(21)20-7-5-12(11-19)6-8-20/h3-4,10,12H,1-2,5-9,11,19H2. The number of ether oxygens (including phenoxy) is 1. The van der Waals surface area contributed by atoms with Crippen molar-refractivity contribution in [2.24, 2.45) is 11.7 Å². The predicted molar refractivity (Wildman–Crippen MR) is 89.5 cm³/mol. The summed E-state index contributed by atoms with van der Waals surface area (Å²) in [5.74, 6) is 1.36. The highest BCUT2D eigenvalue weighted by Crippen LogP contribution is 2.27. The van der Waals surface area contributed by atoms with Crippen molar-refractivity contribution in [3.05, 3.63) is 28.2 Å². The van der Waals surface area contributed by atoms with Crippen LogP contribution in [-0.4, -0.2) is 37.0 Å². The summed E-state index contributed by atoms with van der Waals surface area (Å²) in [5.41, 5.74) is 5.66. The van der Waals surface area contributed by atoms with Crippen molar-refractivity contribution in [3.63, 3.8) is 0 Å². The van der Waals surface area contributed by atoms with Crippen LogP contribution >= 0.6 is 23.2 Å². The van der Waals surface area contributed by atoms with Crippen LogP contribution < -0.4 is 10.5 Å². The van der Waals surface area contributed by atoms with Crippen molar-refractivity contribution in [3.8, 4) is 5.75 Å². The molecule has 1 aliphatic heterocycles. The summed E-state index contributed by atoms with van der Waals surface area (Å²) >= 11 is 11.9. The molecular formula is C16H22Cl2N2O2. The Morgan fingerprint density at radius 2 is 2.05 bits per heavy atom. The SMILES string of the molecule is NCC1CCN(C(=O)CCCOc2ccc(Cl)cc2Cl)CC1. The number of hydrogen-bond donors (Lipinski definition) is 1. The molecule has 0 unspecified atom stereocenters. The molecule has 0 aliphatic carbocycles. The Hall–Kier alpha value is -0.970. The first-order chi connectivity index (χ1) is 10.6. The number of amides is 1. The van der Waals surface area contributed by atoms with Crippen molar-refractivity contribution in [2.75, 3.05) is 26.2 Å². The fourth-order valence-corrected chi connectivity index (χ4v) is 3.04. The molecule has 2 N–H and O–H groups in total. The van der Waals surface area contributed by atoms with Gasteiger partial charge in [0.2, 0.25) is 5.91 Å². The van der Waals surface area contributed by atoms with E-state index in [-0.39, 0.29) is 5.91 Å². The van der Waals surface area contributed by atoms with Crippen LogP contribution in [-0.2, 0) is 4.79 Å². The van der Waals surface area contributed by atoms with Crippen LogP contribution in [0.1, 0.15) is 25.7 Å². The van der Waals surface area contributed by atoms with Gasteiger partial charge in [0.25, 0.3) is 0 Å². The lowest BCUT2D eigenvalue weighted by atomic mass is 9.97. The van der Waals surface area contributed by atoms with Crippen LogP contribution in [0.3, 0.4) is 0 Å². The molecule has 0 atom stereocenters. The second kappa shape index (κ2) is 8.61. The number of piperidine rings is 1. The lowest BCUT2D eigenvalue weighted by Crippen LogP contribution is -2.40. The molecule has 6 heteroatoms. The maximum Gasteiger partial charge on any atom is 0.222 e. The number of carbonyl (C=O) groups is 1. The number of nitrogens with zero attached hydrogens (tertiary/aromatic N) is 1. The van der Waals surface area contributed by atoms with Gasteiger partial charge in [-0.05, 0) is 49.9 Å².